The molecular formula is C22H24ClNO4. The minimum Gasteiger partial charge on any atom is -0.496 e. The van der Waals surface area contributed by atoms with Gasteiger partial charge in [-0.3, -0.25) is 9.59 Å². The highest BCUT2D eigenvalue weighted by Crippen LogP contribution is 2.45. The van der Waals surface area contributed by atoms with E-state index >= 15 is 0 Å². The van der Waals surface area contributed by atoms with E-state index in [4.69, 9.17) is 21.1 Å². The molecular weight excluding hydrogens is 378 g/mol. The molecule has 1 aliphatic rings. The standard InChI is InChI=1S/C22H24ClNO4/c1-24(14-16-7-3-4-10-19(16)27-2)20(25)15-28-21(26)22(11-6-12-22)17-8-5-9-18(23)13-17/h3-5,7-10,13H,6,11-12,14-15H2,1-2H3. The van der Waals surface area contributed by atoms with Gasteiger partial charge in [0.2, 0.25) is 0 Å². The van der Waals surface area contributed by atoms with Crippen LogP contribution in [0.5, 0.6) is 5.75 Å². The second-order valence-electron chi connectivity index (χ2n) is 7.08. The second-order valence-corrected chi connectivity index (χ2v) is 7.52. The maximum Gasteiger partial charge on any atom is 0.317 e. The molecule has 5 nitrogen and oxygen atoms in total. The molecule has 0 spiro atoms. The predicted molar refractivity (Wildman–Crippen MR) is 107 cm³/mol. The zero-order valence-electron chi connectivity index (χ0n) is 16.1. The van der Waals surface area contributed by atoms with Gasteiger partial charge in [-0.15, -0.1) is 0 Å². The van der Waals surface area contributed by atoms with Crippen LogP contribution in [0.2, 0.25) is 5.02 Å². The fraction of sp³-hybridized carbons (Fsp3) is 0.364. The van der Waals surface area contributed by atoms with Gasteiger partial charge in [0.1, 0.15) is 5.75 Å². The van der Waals surface area contributed by atoms with Crippen LogP contribution in [0.1, 0.15) is 30.4 Å². The van der Waals surface area contributed by atoms with E-state index in [2.05, 4.69) is 0 Å². The number of methoxy groups -OCH3 is 1. The Morgan fingerprint density at radius 2 is 1.89 bits per heavy atom. The number of hydrogen-bond donors (Lipinski definition) is 0. The maximum atomic E-state index is 12.8. The Hall–Kier alpha value is -2.53. The second kappa shape index (κ2) is 8.65. The lowest BCUT2D eigenvalue weighted by Gasteiger charge is -2.39. The number of halogens is 1. The summed E-state index contributed by atoms with van der Waals surface area (Å²) in [6.45, 7) is 0.0899. The van der Waals surface area contributed by atoms with Crippen LogP contribution in [0.25, 0.3) is 0 Å². The van der Waals surface area contributed by atoms with Crippen LogP contribution < -0.4 is 4.74 Å². The first-order valence-electron chi connectivity index (χ1n) is 9.25. The SMILES string of the molecule is COc1ccccc1CN(C)C(=O)COC(=O)C1(c2cccc(Cl)c2)CCC1. The zero-order chi connectivity index (χ0) is 20.1. The number of esters is 1. The Morgan fingerprint density at radius 1 is 1.14 bits per heavy atom. The normalized spacial score (nSPS) is 14.7. The number of nitrogens with zero attached hydrogens (tertiary/aromatic N) is 1. The minimum absolute atomic E-state index is 0.264. The third-order valence-corrected chi connectivity index (χ3v) is 5.56. The lowest BCUT2D eigenvalue weighted by Crippen LogP contribution is -2.45. The molecule has 2 aromatic carbocycles. The Balaban J connectivity index is 1.61. The topological polar surface area (TPSA) is 55.8 Å². The molecule has 1 aliphatic carbocycles. The van der Waals surface area contributed by atoms with Crippen LogP contribution in [0.3, 0.4) is 0 Å². The fourth-order valence-corrected chi connectivity index (χ4v) is 3.67. The molecule has 0 unspecified atom stereocenters. The van der Waals surface area contributed by atoms with Crippen molar-refractivity contribution >= 4 is 23.5 Å². The number of ether oxygens (including phenoxy) is 2. The summed E-state index contributed by atoms with van der Waals surface area (Å²) >= 11 is 6.08. The van der Waals surface area contributed by atoms with E-state index in [0.29, 0.717) is 30.2 Å². The van der Waals surface area contributed by atoms with Gasteiger partial charge in [0.15, 0.2) is 6.61 Å². The van der Waals surface area contributed by atoms with Crippen LogP contribution >= 0.6 is 11.6 Å². The summed E-state index contributed by atoms with van der Waals surface area (Å²) in [6.07, 6.45) is 2.36. The van der Waals surface area contributed by atoms with E-state index in [1.165, 1.54) is 4.90 Å². The van der Waals surface area contributed by atoms with E-state index in [1.807, 2.05) is 36.4 Å². The van der Waals surface area contributed by atoms with Crippen LogP contribution in [-0.2, 0) is 26.3 Å². The molecule has 3 rings (SSSR count). The Kier molecular flexibility index (Phi) is 6.25. The van der Waals surface area contributed by atoms with Gasteiger partial charge >= 0.3 is 5.97 Å². The molecule has 28 heavy (non-hydrogen) atoms. The number of hydrogen-bond acceptors (Lipinski definition) is 4. The molecule has 0 aliphatic heterocycles. The van der Waals surface area contributed by atoms with E-state index in [0.717, 1.165) is 17.5 Å². The molecule has 6 heteroatoms. The molecule has 148 valence electrons. The smallest absolute Gasteiger partial charge is 0.317 e. The average molecular weight is 402 g/mol. The Morgan fingerprint density at radius 3 is 2.54 bits per heavy atom. The first-order valence-corrected chi connectivity index (χ1v) is 9.63. The average Bonchev–Trinajstić information content (AvgIpc) is 2.65. The summed E-state index contributed by atoms with van der Waals surface area (Å²) in [5, 5.41) is 0.587. The molecule has 0 heterocycles. The fourth-order valence-electron chi connectivity index (χ4n) is 3.48. The maximum absolute atomic E-state index is 12.8. The summed E-state index contributed by atoms with van der Waals surface area (Å²) in [4.78, 5) is 26.8. The summed E-state index contributed by atoms with van der Waals surface area (Å²) < 4.78 is 10.7. The summed E-state index contributed by atoms with van der Waals surface area (Å²) in [6, 6.07) is 14.8. The lowest BCUT2D eigenvalue weighted by molar-refractivity contribution is -0.160. The molecule has 0 atom stereocenters. The Bertz CT molecular complexity index is 863. The number of benzene rings is 2. The van der Waals surface area contributed by atoms with E-state index < -0.39 is 5.41 Å². The van der Waals surface area contributed by atoms with Crippen molar-refractivity contribution in [2.75, 3.05) is 20.8 Å². The number of rotatable bonds is 7. The molecule has 0 bridgehead atoms. The molecule has 1 saturated carbocycles. The highest BCUT2D eigenvalue weighted by atomic mass is 35.5. The van der Waals surface area contributed by atoms with Crippen LogP contribution in [-0.4, -0.2) is 37.5 Å². The molecule has 0 N–H and O–H groups in total. The van der Waals surface area contributed by atoms with Crippen molar-refractivity contribution in [2.45, 2.75) is 31.2 Å². The van der Waals surface area contributed by atoms with Crippen molar-refractivity contribution in [2.24, 2.45) is 0 Å². The number of likely N-dealkylation sites (N-methyl/N-ethyl adjacent to an activating group) is 1. The van der Waals surface area contributed by atoms with Gasteiger partial charge < -0.3 is 14.4 Å². The molecule has 1 fully saturated rings. The van der Waals surface area contributed by atoms with E-state index in [9.17, 15) is 9.59 Å². The van der Waals surface area contributed by atoms with Gasteiger partial charge in [0.05, 0.1) is 12.5 Å². The lowest BCUT2D eigenvalue weighted by atomic mass is 9.64. The highest BCUT2D eigenvalue weighted by Gasteiger charge is 2.47. The Labute approximate surface area is 170 Å². The first-order chi connectivity index (χ1) is 13.5. The minimum atomic E-state index is -0.688. The van der Waals surface area contributed by atoms with E-state index in [-0.39, 0.29) is 18.5 Å². The summed E-state index contributed by atoms with van der Waals surface area (Å²) in [5.41, 5.74) is 1.06. The molecule has 0 radical (unpaired) electrons. The van der Waals surface area contributed by atoms with Crippen molar-refractivity contribution in [3.63, 3.8) is 0 Å². The number of carbonyl (C=O) groups is 2. The quantitative estimate of drug-likeness (QED) is 0.659. The van der Waals surface area contributed by atoms with Crippen molar-refractivity contribution in [3.8, 4) is 5.75 Å². The van der Waals surface area contributed by atoms with Gasteiger partial charge in [-0.25, -0.2) is 0 Å². The molecule has 0 saturated heterocycles. The monoisotopic (exact) mass is 401 g/mol. The highest BCUT2D eigenvalue weighted by molar-refractivity contribution is 6.30. The predicted octanol–water partition coefficient (Wildman–Crippen LogP) is 3.97. The zero-order valence-corrected chi connectivity index (χ0v) is 16.9. The van der Waals surface area contributed by atoms with Crippen molar-refractivity contribution < 1.29 is 19.1 Å². The summed E-state index contributed by atoms with van der Waals surface area (Å²) in [7, 11) is 3.27. The van der Waals surface area contributed by atoms with Gasteiger partial charge in [-0.05, 0) is 36.6 Å². The molecule has 1 amide bonds. The van der Waals surface area contributed by atoms with Crippen molar-refractivity contribution in [1.29, 1.82) is 0 Å². The van der Waals surface area contributed by atoms with Gasteiger partial charge in [0.25, 0.3) is 5.91 Å². The van der Waals surface area contributed by atoms with Crippen LogP contribution in [0.15, 0.2) is 48.5 Å². The van der Waals surface area contributed by atoms with Gasteiger partial charge in [0, 0.05) is 24.2 Å². The third kappa shape index (κ3) is 4.14. The first kappa shape index (κ1) is 20.2. The summed E-state index contributed by atoms with van der Waals surface area (Å²) in [5.74, 6) is 0.0911. The van der Waals surface area contributed by atoms with Crippen LogP contribution in [0.4, 0.5) is 0 Å². The molecule has 2 aromatic rings. The number of para-hydroxylation sites is 1. The number of amides is 1. The van der Waals surface area contributed by atoms with E-state index in [1.54, 1.807) is 26.3 Å². The van der Waals surface area contributed by atoms with Gasteiger partial charge in [-0.2, -0.15) is 0 Å². The van der Waals surface area contributed by atoms with Gasteiger partial charge in [-0.1, -0.05) is 48.4 Å². The third-order valence-electron chi connectivity index (χ3n) is 5.33. The van der Waals surface area contributed by atoms with Crippen molar-refractivity contribution in [1.82, 2.24) is 4.90 Å². The number of carbonyl (C=O) groups excluding carboxylic acids is 2. The molecule has 0 aromatic heterocycles. The van der Waals surface area contributed by atoms with Crippen molar-refractivity contribution in [3.05, 3.63) is 64.7 Å². The largest absolute Gasteiger partial charge is 0.496 e. The van der Waals surface area contributed by atoms with Crippen LogP contribution in [0, 0.1) is 0 Å².